The van der Waals surface area contributed by atoms with E-state index in [-0.39, 0.29) is 24.6 Å². The lowest BCUT2D eigenvalue weighted by Gasteiger charge is -2.38. The highest BCUT2D eigenvalue weighted by molar-refractivity contribution is 5.81. The van der Waals surface area contributed by atoms with Crippen molar-refractivity contribution in [3.8, 4) is 0 Å². The van der Waals surface area contributed by atoms with Crippen LogP contribution in [0.25, 0.3) is 0 Å². The first-order chi connectivity index (χ1) is 11.5. The van der Waals surface area contributed by atoms with Gasteiger partial charge in [0.2, 0.25) is 5.91 Å². The lowest BCUT2D eigenvalue weighted by atomic mass is 10.0. The highest BCUT2D eigenvalue weighted by Crippen LogP contribution is 2.19. The van der Waals surface area contributed by atoms with Crippen LogP contribution in [-0.4, -0.2) is 54.0 Å². The molecule has 1 fully saturated rings. The van der Waals surface area contributed by atoms with Gasteiger partial charge in [-0.05, 0) is 31.7 Å². The molecule has 1 saturated heterocycles. The summed E-state index contributed by atoms with van der Waals surface area (Å²) in [5.74, 6) is -0.0502. The SMILES string of the molecule is CC(N)C(=O)N1CCCCC1CN(C)C(=O)OCc1ccccc1. The molecular formula is C18H27N3O3. The monoisotopic (exact) mass is 333 g/mol. The molecule has 0 aromatic heterocycles. The van der Waals surface area contributed by atoms with E-state index in [2.05, 4.69) is 0 Å². The van der Waals surface area contributed by atoms with Gasteiger partial charge in [-0.1, -0.05) is 30.3 Å². The largest absolute Gasteiger partial charge is 0.445 e. The highest BCUT2D eigenvalue weighted by Gasteiger charge is 2.30. The number of carbonyl (C=O) groups is 2. The minimum atomic E-state index is -0.513. The first kappa shape index (κ1) is 18.3. The molecule has 2 N–H and O–H groups in total. The zero-order valence-electron chi connectivity index (χ0n) is 14.5. The normalized spacial score (nSPS) is 18.8. The standard InChI is InChI=1S/C18H27N3O3/c1-14(19)17(22)21-11-7-6-10-16(21)12-20(2)18(23)24-13-15-8-4-3-5-9-15/h3-5,8-9,14,16H,6-7,10-13,19H2,1-2H3. The maximum absolute atomic E-state index is 12.2. The Balaban J connectivity index is 1.87. The third-order valence-electron chi connectivity index (χ3n) is 4.30. The number of likely N-dealkylation sites (tertiary alicyclic amines) is 1. The van der Waals surface area contributed by atoms with E-state index in [1.54, 1.807) is 18.9 Å². The van der Waals surface area contributed by atoms with Gasteiger partial charge in [0.1, 0.15) is 6.61 Å². The van der Waals surface area contributed by atoms with Gasteiger partial charge < -0.3 is 20.3 Å². The first-order valence-electron chi connectivity index (χ1n) is 8.47. The fourth-order valence-electron chi connectivity index (χ4n) is 2.96. The highest BCUT2D eigenvalue weighted by atomic mass is 16.6. The zero-order valence-corrected chi connectivity index (χ0v) is 14.5. The van der Waals surface area contributed by atoms with Crippen LogP contribution in [0.1, 0.15) is 31.7 Å². The van der Waals surface area contributed by atoms with Gasteiger partial charge >= 0.3 is 6.09 Å². The Morgan fingerprint density at radius 1 is 1.33 bits per heavy atom. The fraction of sp³-hybridized carbons (Fsp3) is 0.556. The van der Waals surface area contributed by atoms with Gasteiger partial charge in [0.15, 0.2) is 0 Å². The van der Waals surface area contributed by atoms with Crippen molar-refractivity contribution in [3.63, 3.8) is 0 Å². The number of hydrogen-bond donors (Lipinski definition) is 1. The molecule has 2 amide bonds. The first-order valence-corrected chi connectivity index (χ1v) is 8.47. The number of hydrogen-bond acceptors (Lipinski definition) is 4. The zero-order chi connectivity index (χ0) is 17.5. The van der Waals surface area contributed by atoms with Gasteiger partial charge in [-0.25, -0.2) is 4.79 Å². The summed E-state index contributed by atoms with van der Waals surface area (Å²) in [4.78, 5) is 27.8. The average Bonchev–Trinajstić information content (AvgIpc) is 2.60. The van der Waals surface area contributed by atoms with Crippen molar-refractivity contribution >= 4 is 12.0 Å². The summed E-state index contributed by atoms with van der Waals surface area (Å²) in [5, 5.41) is 0. The second-order valence-electron chi connectivity index (χ2n) is 6.39. The van der Waals surface area contributed by atoms with Crippen molar-refractivity contribution in [2.75, 3.05) is 20.1 Å². The van der Waals surface area contributed by atoms with Crippen molar-refractivity contribution < 1.29 is 14.3 Å². The Labute approximate surface area is 143 Å². The van der Waals surface area contributed by atoms with Crippen LogP contribution in [0.2, 0.25) is 0 Å². The van der Waals surface area contributed by atoms with Crippen LogP contribution in [0.3, 0.4) is 0 Å². The van der Waals surface area contributed by atoms with Crippen molar-refractivity contribution in [2.24, 2.45) is 5.73 Å². The third-order valence-corrected chi connectivity index (χ3v) is 4.30. The summed E-state index contributed by atoms with van der Waals surface area (Å²) in [5.41, 5.74) is 6.68. The van der Waals surface area contributed by atoms with Crippen molar-refractivity contribution in [1.29, 1.82) is 0 Å². The summed E-state index contributed by atoms with van der Waals surface area (Å²) in [6.45, 7) is 3.12. The Bertz CT molecular complexity index is 548. The smallest absolute Gasteiger partial charge is 0.409 e. The quantitative estimate of drug-likeness (QED) is 0.894. The predicted molar refractivity (Wildman–Crippen MR) is 92.3 cm³/mol. The summed E-state index contributed by atoms with van der Waals surface area (Å²) < 4.78 is 5.33. The average molecular weight is 333 g/mol. The van der Waals surface area contributed by atoms with E-state index in [1.165, 1.54) is 0 Å². The van der Waals surface area contributed by atoms with Crippen LogP contribution in [0.15, 0.2) is 30.3 Å². The number of carbonyl (C=O) groups excluding carboxylic acids is 2. The van der Waals surface area contributed by atoms with Crippen LogP contribution >= 0.6 is 0 Å². The van der Waals surface area contributed by atoms with Crippen LogP contribution in [-0.2, 0) is 16.1 Å². The van der Waals surface area contributed by atoms with Crippen molar-refractivity contribution in [2.45, 2.75) is 44.9 Å². The number of nitrogens with zero attached hydrogens (tertiary/aromatic N) is 2. The van der Waals surface area contributed by atoms with Gasteiger partial charge in [0, 0.05) is 26.2 Å². The molecule has 6 heteroatoms. The molecule has 0 aliphatic carbocycles. The molecule has 2 unspecified atom stereocenters. The van der Waals surface area contributed by atoms with E-state index in [0.29, 0.717) is 13.1 Å². The fourth-order valence-corrected chi connectivity index (χ4v) is 2.96. The molecule has 1 aromatic rings. The summed E-state index contributed by atoms with van der Waals surface area (Å²) in [6.07, 6.45) is 2.55. The molecule has 24 heavy (non-hydrogen) atoms. The van der Waals surface area contributed by atoms with E-state index in [0.717, 1.165) is 24.8 Å². The minimum absolute atomic E-state index is 0.00604. The molecule has 1 aliphatic rings. The molecule has 1 heterocycles. The Kier molecular flexibility index (Phi) is 6.61. The lowest BCUT2D eigenvalue weighted by Crippen LogP contribution is -2.53. The maximum Gasteiger partial charge on any atom is 0.409 e. The van der Waals surface area contributed by atoms with Crippen LogP contribution in [0, 0.1) is 0 Å². The molecule has 0 saturated carbocycles. The predicted octanol–water partition coefficient (Wildman–Crippen LogP) is 1.98. The molecule has 0 bridgehead atoms. The van der Waals surface area contributed by atoms with Crippen molar-refractivity contribution in [1.82, 2.24) is 9.80 Å². The van der Waals surface area contributed by atoms with E-state index in [1.807, 2.05) is 35.2 Å². The van der Waals surface area contributed by atoms with E-state index in [9.17, 15) is 9.59 Å². The van der Waals surface area contributed by atoms with Gasteiger partial charge in [-0.3, -0.25) is 4.79 Å². The Hall–Kier alpha value is -2.08. The molecule has 0 spiro atoms. The van der Waals surface area contributed by atoms with E-state index in [4.69, 9.17) is 10.5 Å². The second-order valence-corrected chi connectivity index (χ2v) is 6.39. The number of amides is 2. The van der Waals surface area contributed by atoms with Gasteiger partial charge in [-0.2, -0.15) is 0 Å². The van der Waals surface area contributed by atoms with Gasteiger partial charge in [-0.15, -0.1) is 0 Å². The lowest BCUT2D eigenvalue weighted by molar-refractivity contribution is -0.136. The molecular weight excluding hydrogens is 306 g/mol. The number of ether oxygens (including phenoxy) is 1. The summed E-state index contributed by atoms with van der Waals surface area (Å²) in [6, 6.07) is 9.06. The van der Waals surface area contributed by atoms with E-state index < -0.39 is 6.04 Å². The number of nitrogens with two attached hydrogens (primary N) is 1. The summed E-state index contributed by atoms with van der Waals surface area (Å²) >= 11 is 0. The topological polar surface area (TPSA) is 75.9 Å². The third kappa shape index (κ3) is 4.96. The molecule has 2 atom stereocenters. The molecule has 132 valence electrons. The van der Waals surface area contributed by atoms with Gasteiger partial charge in [0.05, 0.1) is 6.04 Å². The molecule has 2 rings (SSSR count). The number of likely N-dealkylation sites (N-methyl/N-ethyl adjacent to an activating group) is 1. The summed E-state index contributed by atoms with van der Waals surface area (Å²) in [7, 11) is 1.70. The number of piperidine rings is 1. The molecule has 0 radical (unpaired) electrons. The maximum atomic E-state index is 12.2. The minimum Gasteiger partial charge on any atom is -0.445 e. The Morgan fingerprint density at radius 2 is 2.04 bits per heavy atom. The van der Waals surface area contributed by atoms with Crippen molar-refractivity contribution in [3.05, 3.63) is 35.9 Å². The van der Waals surface area contributed by atoms with Crippen LogP contribution in [0.5, 0.6) is 0 Å². The second kappa shape index (κ2) is 8.68. The molecule has 6 nitrogen and oxygen atoms in total. The van der Waals surface area contributed by atoms with Crippen LogP contribution in [0.4, 0.5) is 4.79 Å². The Morgan fingerprint density at radius 3 is 2.71 bits per heavy atom. The molecule has 1 aromatic carbocycles. The van der Waals surface area contributed by atoms with Gasteiger partial charge in [0.25, 0.3) is 0 Å². The van der Waals surface area contributed by atoms with Crippen LogP contribution < -0.4 is 5.73 Å². The van der Waals surface area contributed by atoms with E-state index >= 15 is 0 Å². The number of benzene rings is 1. The molecule has 1 aliphatic heterocycles. The number of rotatable bonds is 5.